The fraction of sp³-hybridized carbons (Fsp3) is 0.128. The van der Waals surface area contributed by atoms with Crippen LogP contribution in [0.3, 0.4) is 0 Å². The molecular formula is C39H33Cl2N5O4. The number of hydrogen-bond acceptors (Lipinski definition) is 6. The highest BCUT2D eigenvalue weighted by molar-refractivity contribution is 6.37. The van der Waals surface area contributed by atoms with E-state index in [1.165, 1.54) is 6.08 Å². The second kappa shape index (κ2) is 15.7. The van der Waals surface area contributed by atoms with Crippen molar-refractivity contribution in [3.05, 3.63) is 153 Å². The van der Waals surface area contributed by atoms with E-state index in [4.69, 9.17) is 37.7 Å². The molecule has 50 heavy (non-hydrogen) atoms. The molecule has 0 bridgehead atoms. The number of hydrogen-bond donors (Lipinski definition) is 2. The van der Waals surface area contributed by atoms with E-state index in [0.717, 1.165) is 28.0 Å². The average Bonchev–Trinajstić information content (AvgIpc) is 3.60. The lowest BCUT2D eigenvalue weighted by Gasteiger charge is -2.17. The van der Waals surface area contributed by atoms with Crippen LogP contribution in [0, 0.1) is 6.92 Å². The molecule has 3 heterocycles. The third kappa shape index (κ3) is 7.97. The van der Waals surface area contributed by atoms with Crippen LogP contribution < -0.4 is 20.1 Å². The van der Waals surface area contributed by atoms with Gasteiger partial charge in [-0.05, 0) is 79.2 Å². The van der Waals surface area contributed by atoms with Gasteiger partial charge in [-0.2, -0.15) is 0 Å². The summed E-state index contributed by atoms with van der Waals surface area (Å²) in [5.74, 6) is 0.803. The SMILES string of the molecule is CNC(=O)c1ccc(/C=C/C(=O)NCc2cccn2-c2ccc(Cl)c(COc3cccc4c(OCc5ccccn5)cc(C)nc34)c2Cl)cc1. The zero-order chi connectivity index (χ0) is 35.0. The Balaban J connectivity index is 1.15. The Kier molecular flexibility index (Phi) is 10.8. The molecule has 0 aliphatic rings. The van der Waals surface area contributed by atoms with E-state index >= 15 is 0 Å². The van der Waals surface area contributed by atoms with Crippen LogP contribution in [0.1, 0.15) is 38.6 Å². The van der Waals surface area contributed by atoms with Crippen LogP contribution in [0.25, 0.3) is 22.7 Å². The Hall–Kier alpha value is -5.64. The summed E-state index contributed by atoms with van der Waals surface area (Å²) in [4.78, 5) is 33.5. The van der Waals surface area contributed by atoms with Crippen LogP contribution >= 0.6 is 23.2 Å². The predicted octanol–water partition coefficient (Wildman–Crippen LogP) is 7.88. The molecule has 3 aromatic carbocycles. The van der Waals surface area contributed by atoms with Gasteiger partial charge in [-0.3, -0.25) is 14.6 Å². The Morgan fingerprint density at radius 1 is 0.900 bits per heavy atom. The molecule has 0 radical (unpaired) electrons. The first-order valence-corrected chi connectivity index (χ1v) is 16.5. The van der Waals surface area contributed by atoms with Gasteiger partial charge in [0.15, 0.2) is 0 Å². The molecule has 0 saturated carbocycles. The van der Waals surface area contributed by atoms with E-state index in [1.54, 1.807) is 49.7 Å². The van der Waals surface area contributed by atoms with Gasteiger partial charge in [0, 0.05) is 64.5 Å². The molecule has 11 heteroatoms. The van der Waals surface area contributed by atoms with Crippen molar-refractivity contribution in [1.82, 2.24) is 25.2 Å². The third-order valence-corrected chi connectivity index (χ3v) is 8.67. The topological polar surface area (TPSA) is 107 Å². The number of para-hydroxylation sites is 1. The normalized spacial score (nSPS) is 11.1. The number of aromatic nitrogens is 3. The van der Waals surface area contributed by atoms with Crippen LogP contribution in [0.15, 0.2) is 109 Å². The van der Waals surface area contributed by atoms with Crippen LogP contribution in [0.5, 0.6) is 11.5 Å². The third-order valence-electron chi connectivity index (χ3n) is 7.90. The van der Waals surface area contributed by atoms with Gasteiger partial charge in [-0.25, -0.2) is 4.98 Å². The van der Waals surface area contributed by atoms with Crippen LogP contribution in [-0.4, -0.2) is 33.4 Å². The molecule has 0 spiro atoms. The first-order chi connectivity index (χ1) is 24.3. The van der Waals surface area contributed by atoms with Crippen molar-refractivity contribution in [2.45, 2.75) is 26.7 Å². The zero-order valence-electron chi connectivity index (χ0n) is 27.3. The maximum absolute atomic E-state index is 12.7. The summed E-state index contributed by atoms with van der Waals surface area (Å²) in [5, 5.41) is 7.19. The first-order valence-electron chi connectivity index (χ1n) is 15.8. The Morgan fingerprint density at radius 3 is 2.50 bits per heavy atom. The van der Waals surface area contributed by atoms with Crippen molar-refractivity contribution in [2.75, 3.05) is 7.05 Å². The number of amides is 2. The number of nitrogens with zero attached hydrogens (tertiary/aromatic N) is 3. The molecule has 6 aromatic rings. The smallest absolute Gasteiger partial charge is 0.251 e. The highest BCUT2D eigenvalue weighted by atomic mass is 35.5. The van der Waals surface area contributed by atoms with E-state index in [9.17, 15) is 9.59 Å². The molecule has 0 saturated heterocycles. The minimum absolute atomic E-state index is 0.0899. The summed E-state index contributed by atoms with van der Waals surface area (Å²) in [6.07, 6.45) is 6.74. The number of carbonyl (C=O) groups is 2. The van der Waals surface area contributed by atoms with Crippen molar-refractivity contribution in [3.8, 4) is 17.2 Å². The maximum atomic E-state index is 12.7. The fourth-order valence-electron chi connectivity index (χ4n) is 5.33. The lowest BCUT2D eigenvalue weighted by atomic mass is 10.1. The monoisotopic (exact) mass is 705 g/mol. The number of rotatable bonds is 12. The molecule has 0 atom stereocenters. The molecule has 2 N–H and O–H groups in total. The van der Waals surface area contributed by atoms with Crippen molar-refractivity contribution < 1.29 is 19.1 Å². The molecule has 0 unspecified atom stereocenters. The van der Waals surface area contributed by atoms with Crippen molar-refractivity contribution in [1.29, 1.82) is 0 Å². The summed E-state index contributed by atoms with van der Waals surface area (Å²) in [7, 11) is 1.58. The minimum Gasteiger partial charge on any atom is -0.487 e. The number of pyridine rings is 2. The molecule has 0 aliphatic carbocycles. The largest absolute Gasteiger partial charge is 0.487 e. The van der Waals surface area contributed by atoms with E-state index in [1.807, 2.05) is 78.4 Å². The van der Waals surface area contributed by atoms with E-state index in [0.29, 0.717) is 50.5 Å². The molecule has 0 aliphatic heterocycles. The number of carbonyl (C=O) groups excluding carboxylic acids is 2. The Morgan fingerprint density at radius 2 is 1.72 bits per heavy atom. The first kappa shape index (κ1) is 34.2. The summed E-state index contributed by atoms with van der Waals surface area (Å²) >= 11 is 13.6. The van der Waals surface area contributed by atoms with Gasteiger partial charge in [0.25, 0.3) is 5.91 Å². The molecule has 0 fully saturated rings. The van der Waals surface area contributed by atoms with Gasteiger partial charge in [-0.1, -0.05) is 47.5 Å². The average molecular weight is 707 g/mol. The van der Waals surface area contributed by atoms with Gasteiger partial charge >= 0.3 is 0 Å². The van der Waals surface area contributed by atoms with Gasteiger partial charge < -0.3 is 24.7 Å². The number of fused-ring (bicyclic) bond motifs is 1. The Labute approximate surface area is 299 Å². The summed E-state index contributed by atoms with van der Waals surface area (Å²) in [6.45, 7) is 2.57. The quantitative estimate of drug-likeness (QED) is 0.126. The summed E-state index contributed by atoms with van der Waals surface area (Å²) in [5.41, 5.74) is 5.70. The standard InChI is InChI=1S/C39H33Cl2N5O4/c1-25-21-35(49-23-28-7-3-4-19-43-28)30-9-5-10-34(38(30)45-25)50-24-31-32(40)16-17-33(37(31)41)46-20-6-8-29(46)22-44-36(47)18-13-26-11-14-27(15-12-26)39(48)42-2/h3-21H,22-24H2,1-2H3,(H,42,48)(H,44,47)/b18-13+. The number of nitrogens with one attached hydrogen (secondary N) is 2. The lowest BCUT2D eigenvalue weighted by Crippen LogP contribution is -2.21. The highest BCUT2D eigenvalue weighted by Crippen LogP contribution is 2.35. The van der Waals surface area contributed by atoms with Crippen LogP contribution in [-0.2, 0) is 24.6 Å². The molecule has 9 nitrogen and oxygen atoms in total. The van der Waals surface area contributed by atoms with Crippen LogP contribution in [0.4, 0.5) is 0 Å². The van der Waals surface area contributed by atoms with E-state index < -0.39 is 0 Å². The molecular weight excluding hydrogens is 673 g/mol. The number of aryl methyl sites for hydroxylation is 1. The molecule has 252 valence electrons. The second-order valence-corrected chi connectivity index (χ2v) is 12.1. The molecule has 6 rings (SSSR count). The number of benzene rings is 3. The zero-order valence-corrected chi connectivity index (χ0v) is 28.8. The highest BCUT2D eigenvalue weighted by Gasteiger charge is 2.17. The van der Waals surface area contributed by atoms with Crippen molar-refractivity contribution >= 4 is 52.0 Å². The van der Waals surface area contributed by atoms with Gasteiger partial charge in [0.05, 0.1) is 22.9 Å². The molecule has 3 aromatic heterocycles. The van der Waals surface area contributed by atoms with Gasteiger partial charge in [-0.15, -0.1) is 0 Å². The molecule has 2 amide bonds. The number of ether oxygens (including phenoxy) is 2. The minimum atomic E-state index is -0.270. The predicted molar refractivity (Wildman–Crippen MR) is 196 cm³/mol. The maximum Gasteiger partial charge on any atom is 0.251 e. The van der Waals surface area contributed by atoms with E-state index in [2.05, 4.69) is 15.6 Å². The summed E-state index contributed by atoms with van der Waals surface area (Å²) in [6, 6.07) is 27.6. The fourth-order valence-corrected chi connectivity index (χ4v) is 5.90. The summed E-state index contributed by atoms with van der Waals surface area (Å²) < 4.78 is 14.4. The van der Waals surface area contributed by atoms with Crippen molar-refractivity contribution in [2.24, 2.45) is 0 Å². The van der Waals surface area contributed by atoms with Crippen LogP contribution in [0.2, 0.25) is 10.0 Å². The second-order valence-electron chi connectivity index (χ2n) is 11.3. The lowest BCUT2D eigenvalue weighted by molar-refractivity contribution is -0.116. The van der Waals surface area contributed by atoms with Crippen molar-refractivity contribution in [3.63, 3.8) is 0 Å². The Bertz CT molecular complexity index is 2180. The van der Waals surface area contributed by atoms with Gasteiger partial charge in [0.1, 0.15) is 30.2 Å². The number of halogens is 2. The van der Waals surface area contributed by atoms with Gasteiger partial charge in [0.2, 0.25) is 5.91 Å². The van der Waals surface area contributed by atoms with E-state index in [-0.39, 0.29) is 25.0 Å².